The number of hydrogen-bond donors (Lipinski definition) is 0. The van der Waals surface area contributed by atoms with Crippen LogP contribution in [-0.4, -0.2) is 3.71 Å². The largest absolute Gasteiger partial charge is 1.00 e. The molecule has 1 aliphatic rings. The van der Waals surface area contributed by atoms with E-state index in [0.717, 1.165) is 5.56 Å². The van der Waals surface area contributed by atoms with Gasteiger partial charge in [-0.3, -0.25) is 6.08 Å². The first-order chi connectivity index (χ1) is 17.7. The van der Waals surface area contributed by atoms with Crippen molar-refractivity contribution in [1.82, 2.24) is 0 Å². The predicted octanol–water partition coefficient (Wildman–Crippen LogP) is 4.17. The van der Waals surface area contributed by atoms with E-state index in [4.69, 9.17) is 0 Å². The molecule has 4 aromatic rings. The molecule has 0 spiro atoms. The van der Waals surface area contributed by atoms with Gasteiger partial charge in [-0.1, -0.05) is 96.7 Å². The monoisotopic (exact) mass is 652 g/mol. The Hall–Kier alpha value is -1.73. The van der Waals surface area contributed by atoms with Crippen molar-refractivity contribution in [1.29, 1.82) is 0 Å². The summed E-state index contributed by atoms with van der Waals surface area (Å²) in [6, 6.07) is 22.6. The smallest absolute Gasteiger partial charge is 1.00 e. The third kappa shape index (κ3) is 9.68. The number of benzene rings is 3. The maximum Gasteiger partial charge on any atom is -1.00 e. The van der Waals surface area contributed by atoms with Crippen LogP contribution in [0.5, 0.6) is 0 Å². The summed E-state index contributed by atoms with van der Waals surface area (Å²) in [4.78, 5) is 0. The molecule has 1 atom stereocenters. The van der Waals surface area contributed by atoms with Gasteiger partial charge in [-0.2, -0.15) is 6.08 Å². The molecule has 4 aromatic carbocycles. The average molecular weight is 655 g/mol. The van der Waals surface area contributed by atoms with E-state index in [0.29, 0.717) is 5.92 Å². The number of allylic oxidation sites excluding steroid dienone is 4. The Morgan fingerprint density at radius 2 is 1.23 bits per heavy atom. The standard InChI is InChI=1S/C21H25.C8H11.C7H5F.2ClH.Zr/c1-20(2,3)16-7-9-18-14(12-16)11-15-13-17(21(4,5)6)8-10-19(15)18;1-6-4-7(2)8(3)5-6;1-6-2-4-7(8)5-3-6;;;/h7-13H,1-6H3;4,6H,1-3H3;1-5H;2*1H;/q2*-1;;;;+2/p-2. The molecule has 5 rings (SSSR count). The van der Waals surface area contributed by atoms with E-state index in [1.54, 1.807) is 12.1 Å². The summed E-state index contributed by atoms with van der Waals surface area (Å²) in [6.45, 7) is 20.0. The molecule has 0 nitrogen and oxygen atoms in total. The third-order valence-corrected chi connectivity index (χ3v) is 7.83. The van der Waals surface area contributed by atoms with Gasteiger partial charge in [0.1, 0.15) is 0 Å². The minimum Gasteiger partial charge on any atom is -1.00 e. The molecular formula is C36H41Cl2FZr-2. The van der Waals surface area contributed by atoms with Crippen LogP contribution in [0.1, 0.15) is 79.0 Å². The zero-order valence-corrected chi connectivity index (χ0v) is 29.2. The van der Waals surface area contributed by atoms with Gasteiger partial charge in [0.15, 0.2) is 0 Å². The van der Waals surface area contributed by atoms with E-state index in [1.165, 1.54) is 80.2 Å². The quantitative estimate of drug-likeness (QED) is 0.271. The minimum atomic E-state index is -0.170. The molecule has 0 amide bonds. The van der Waals surface area contributed by atoms with E-state index < -0.39 is 0 Å². The second-order valence-corrected chi connectivity index (χ2v) is 13.1. The molecule has 0 saturated carbocycles. The molecule has 0 fully saturated rings. The maximum absolute atomic E-state index is 12.2. The Kier molecular flexibility index (Phi) is 13.6. The van der Waals surface area contributed by atoms with Crippen molar-refractivity contribution in [2.45, 2.75) is 73.1 Å². The van der Waals surface area contributed by atoms with Gasteiger partial charge in [-0.25, -0.2) is 11.1 Å². The number of fused-ring (bicyclic) bond motifs is 3. The molecule has 0 heterocycles. The second-order valence-electron chi connectivity index (χ2n) is 12.4. The fraction of sp³-hybridized carbons (Fsp3) is 0.333. The van der Waals surface area contributed by atoms with Crippen LogP contribution in [0.25, 0.3) is 21.5 Å². The average Bonchev–Trinajstić information content (AvgIpc) is 3.35. The Bertz CT molecular complexity index is 1390. The van der Waals surface area contributed by atoms with Crippen molar-refractivity contribution < 1.29 is 53.4 Å². The van der Waals surface area contributed by atoms with Gasteiger partial charge < -0.3 is 24.8 Å². The number of hydrogen-bond acceptors (Lipinski definition) is 0. The molecular weight excluding hydrogens is 614 g/mol. The van der Waals surface area contributed by atoms with Crippen molar-refractivity contribution >= 4 is 25.3 Å². The summed E-state index contributed by atoms with van der Waals surface area (Å²) >= 11 is 1.34. The predicted molar refractivity (Wildman–Crippen MR) is 161 cm³/mol. The summed E-state index contributed by atoms with van der Waals surface area (Å²) < 4.78 is 14.2. The zero-order chi connectivity index (χ0) is 28.3. The SMILES string of the molecule is CC(C)(C)c1ccc2c(c1)[cH-]c1cc(C(C)(C)C)ccc12.CC1=[C-]C(C)C=C1C.Fc1ccc([CH]=[Zr+2])cc1.[Cl-].[Cl-]. The van der Waals surface area contributed by atoms with Crippen LogP contribution in [-0.2, 0) is 35.1 Å². The van der Waals surface area contributed by atoms with Gasteiger partial charge in [-0.05, 0) is 10.8 Å². The van der Waals surface area contributed by atoms with Gasteiger partial charge in [0.2, 0.25) is 0 Å². The van der Waals surface area contributed by atoms with Crippen molar-refractivity contribution in [2.75, 3.05) is 0 Å². The molecule has 1 aliphatic carbocycles. The summed E-state index contributed by atoms with van der Waals surface area (Å²) in [7, 11) is 0. The molecule has 0 N–H and O–H groups in total. The van der Waals surface area contributed by atoms with Crippen molar-refractivity contribution in [3.8, 4) is 0 Å². The fourth-order valence-corrected chi connectivity index (χ4v) is 4.98. The fourth-order valence-electron chi connectivity index (χ4n) is 4.51. The zero-order valence-electron chi connectivity index (χ0n) is 25.2. The van der Waals surface area contributed by atoms with Gasteiger partial charge in [0.05, 0.1) is 0 Å². The van der Waals surface area contributed by atoms with Gasteiger partial charge in [0, 0.05) is 0 Å². The molecule has 1 unspecified atom stereocenters. The Balaban J connectivity index is 0.000000350. The van der Waals surface area contributed by atoms with E-state index in [1.807, 2.05) is 3.71 Å². The first-order valence-electron chi connectivity index (χ1n) is 13.4. The van der Waals surface area contributed by atoms with Crippen LogP contribution in [0.3, 0.4) is 0 Å². The topological polar surface area (TPSA) is 0 Å². The van der Waals surface area contributed by atoms with Crippen LogP contribution in [0.2, 0.25) is 0 Å². The van der Waals surface area contributed by atoms with Gasteiger partial charge in [-0.15, -0.1) is 46.7 Å². The molecule has 40 heavy (non-hydrogen) atoms. The minimum absolute atomic E-state index is 0. The first-order valence-corrected chi connectivity index (χ1v) is 14.8. The van der Waals surface area contributed by atoms with Crippen molar-refractivity contribution in [3.63, 3.8) is 0 Å². The summed E-state index contributed by atoms with van der Waals surface area (Å²) in [5.74, 6) is 0.381. The Morgan fingerprint density at radius 1 is 0.775 bits per heavy atom. The first kappa shape index (κ1) is 36.3. The summed E-state index contributed by atoms with van der Waals surface area (Å²) in [5, 5.41) is 5.48. The van der Waals surface area contributed by atoms with E-state index in [2.05, 4.69) is 117 Å². The van der Waals surface area contributed by atoms with Gasteiger partial charge >= 0.3 is 68.0 Å². The molecule has 0 radical (unpaired) electrons. The summed E-state index contributed by atoms with van der Waals surface area (Å²) in [6.07, 6.45) is 5.52. The third-order valence-electron chi connectivity index (χ3n) is 7.01. The van der Waals surface area contributed by atoms with Gasteiger partial charge in [0.25, 0.3) is 0 Å². The Labute approximate surface area is 268 Å². The van der Waals surface area contributed by atoms with Crippen LogP contribution in [0.15, 0.2) is 84.0 Å². The number of rotatable bonds is 1. The molecule has 4 heteroatoms. The van der Waals surface area contributed by atoms with E-state index in [-0.39, 0.29) is 41.5 Å². The number of halogens is 3. The maximum atomic E-state index is 12.2. The Morgan fingerprint density at radius 3 is 1.52 bits per heavy atom. The van der Waals surface area contributed by atoms with Crippen LogP contribution in [0, 0.1) is 17.8 Å². The molecule has 0 aromatic heterocycles. The van der Waals surface area contributed by atoms with Crippen molar-refractivity contribution in [2.24, 2.45) is 5.92 Å². The van der Waals surface area contributed by atoms with Crippen molar-refractivity contribution in [3.05, 3.63) is 113 Å². The van der Waals surface area contributed by atoms with Crippen LogP contribution < -0.4 is 24.8 Å². The molecule has 0 aliphatic heterocycles. The molecule has 0 saturated heterocycles. The molecule has 0 bridgehead atoms. The van der Waals surface area contributed by atoms with E-state index >= 15 is 0 Å². The second kappa shape index (κ2) is 15.0. The summed E-state index contributed by atoms with van der Waals surface area (Å²) in [5.41, 5.74) is 7.01. The molecule has 212 valence electrons. The van der Waals surface area contributed by atoms with E-state index in [9.17, 15) is 4.39 Å². The van der Waals surface area contributed by atoms with Crippen LogP contribution >= 0.6 is 0 Å². The normalized spacial score (nSPS) is 14.6. The van der Waals surface area contributed by atoms with Crippen LogP contribution in [0.4, 0.5) is 4.39 Å².